The smallest absolute Gasteiger partial charge is 0.160 e. The molecule has 0 aliphatic carbocycles. The number of ether oxygens (including phenoxy) is 1. The molecule has 0 saturated carbocycles. The van der Waals surface area contributed by atoms with Crippen molar-refractivity contribution in [3.8, 4) is 0 Å². The highest BCUT2D eigenvalue weighted by atomic mass is 16.5. The van der Waals surface area contributed by atoms with Crippen molar-refractivity contribution in [1.29, 1.82) is 0 Å². The van der Waals surface area contributed by atoms with Crippen LogP contribution in [0.5, 0.6) is 0 Å². The van der Waals surface area contributed by atoms with Crippen LogP contribution in [0.1, 0.15) is 31.1 Å². The van der Waals surface area contributed by atoms with E-state index in [2.05, 4.69) is 14.5 Å². The number of nitrogens with zero attached hydrogens (tertiary/aromatic N) is 3. The van der Waals surface area contributed by atoms with Crippen LogP contribution < -0.4 is 0 Å². The fourth-order valence-corrected chi connectivity index (χ4v) is 2.72. The highest BCUT2D eigenvalue weighted by Gasteiger charge is 2.21. The monoisotopic (exact) mass is 261 g/mol. The van der Waals surface area contributed by atoms with Gasteiger partial charge in [-0.05, 0) is 31.4 Å². The third-order valence-electron chi connectivity index (χ3n) is 3.64. The fourth-order valence-electron chi connectivity index (χ4n) is 2.72. The zero-order valence-corrected chi connectivity index (χ0v) is 11.0. The summed E-state index contributed by atoms with van der Waals surface area (Å²) < 4.78 is 7.69. The average Bonchev–Trinajstić information content (AvgIpc) is 2.84. The molecule has 0 bridgehead atoms. The summed E-state index contributed by atoms with van der Waals surface area (Å²) in [7, 11) is 0. The molecule has 2 aromatic heterocycles. The van der Waals surface area contributed by atoms with E-state index in [-0.39, 0.29) is 6.61 Å². The summed E-state index contributed by atoms with van der Waals surface area (Å²) in [5.74, 6) is 1.04. The Morgan fingerprint density at radius 1 is 1.37 bits per heavy atom. The molecule has 2 aromatic rings. The van der Waals surface area contributed by atoms with E-state index in [0.717, 1.165) is 55.9 Å². The molecule has 1 aliphatic rings. The Labute approximate surface area is 112 Å². The maximum Gasteiger partial charge on any atom is 0.160 e. The van der Waals surface area contributed by atoms with Gasteiger partial charge in [0.1, 0.15) is 11.3 Å². The van der Waals surface area contributed by atoms with Crippen molar-refractivity contribution in [2.75, 3.05) is 19.8 Å². The number of aromatic nitrogens is 3. The Hall–Kier alpha value is -1.46. The van der Waals surface area contributed by atoms with Gasteiger partial charge < -0.3 is 14.4 Å². The van der Waals surface area contributed by atoms with Crippen LogP contribution in [0.4, 0.5) is 0 Å². The van der Waals surface area contributed by atoms with Crippen molar-refractivity contribution in [3.63, 3.8) is 0 Å². The topological polar surface area (TPSA) is 60.2 Å². The molecule has 1 aliphatic heterocycles. The van der Waals surface area contributed by atoms with E-state index in [9.17, 15) is 0 Å². The molecular weight excluding hydrogens is 242 g/mol. The SMILES string of the molecule is OCCCc1nc2cccnc2n1C1CCOCC1. The van der Waals surface area contributed by atoms with E-state index in [1.54, 1.807) is 0 Å². The van der Waals surface area contributed by atoms with Crippen LogP contribution >= 0.6 is 0 Å². The largest absolute Gasteiger partial charge is 0.396 e. The highest BCUT2D eigenvalue weighted by Crippen LogP contribution is 2.27. The van der Waals surface area contributed by atoms with Crippen molar-refractivity contribution >= 4 is 11.2 Å². The first-order chi connectivity index (χ1) is 9.40. The second-order valence-electron chi connectivity index (χ2n) is 4.91. The summed E-state index contributed by atoms with van der Waals surface area (Å²) >= 11 is 0. The fraction of sp³-hybridized carbons (Fsp3) is 0.571. The lowest BCUT2D eigenvalue weighted by Crippen LogP contribution is -2.21. The van der Waals surface area contributed by atoms with Crippen molar-refractivity contribution in [2.45, 2.75) is 31.7 Å². The lowest BCUT2D eigenvalue weighted by molar-refractivity contribution is 0.0696. The molecule has 3 rings (SSSR count). The molecule has 5 heteroatoms. The quantitative estimate of drug-likeness (QED) is 0.910. The number of fused-ring (bicyclic) bond motifs is 1. The van der Waals surface area contributed by atoms with Gasteiger partial charge in [0.25, 0.3) is 0 Å². The third-order valence-corrected chi connectivity index (χ3v) is 3.64. The molecule has 0 radical (unpaired) electrons. The number of aliphatic hydroxyl groups is 1. The Balaban J connectivity index is 2.01. The highest BCUT2D eigenvalue weighted by molar-refractivity contribution is 5.71. The minimum absolute atomic E-state index is 0.199. The normalized spacial score (nSPS) is 17.1. The summed E-state index contributed by atoms with van der Waals surface area (Å²) in [6.07, 6.45) is 5.37. The molecule has 3 heterocycles. The molecule has 5 nitrogen and oxygen atoms in total. The van der Waals surface area contributed by atoms with Gasteiger partial charge in [0.15, 0.2) is 5.65 Å². The average molecular weight is 261 g/mol. The molecule has 0 spiro atoms. The summed E-state index contributed by atoms with van der Waals surface area (Å²) in [6.45, 7) is 1.80. The predicted octanol–water partition coefficient (Wildman–Crippen LogP) is 1.71. The number of imidazole rings is 1. The maximum atomic E-state index is 9.03. The summed E-state index contributed by atoms with van der Waals surface area (Å²) in [6, 6.07) is 4.34. The zero-order chi connectivity index (χ0) is 13.1. The molecule has 0 atom stereocenters. The van der Waals surface area contributed by atoms with Gasteiger partial charge in [-0.3, -0.25) is 0 Å². The Kier molecular flexibility index (Phi) is 3.75. The zero-order valence-electron chi connectivity index (χ0n) is 11.0. The summed E-state index contributed by atoms with van der Waals surface area (Å²) in [5.41, 5.74) is 1.91. The molecule has 0 unspecified atom stereocenters. The molecule has 1 N–H and O–H groups in total. The van der Waals surface area contributed by atoms with Gasteiger partial charge in [0.2, 0.25) is 0 Å². The Morgan fingerprint density at radius 3 is 3.00 bits per heavy atom. The molecule has 1 saturated heterocycles. The van der Waals surface area contributed by atoms with Crippen molar-refractivity contribution in [2.24, 2.45) is 0 Å². The van der Waals surface area contributed by atoms with Crippen LogP contribution in [-0.4, -0.2) is 39.5 Å². The number of hydrogen-bond donors (Lipinski definition) is 1. The van der Waals surface area contributed by atoms with E-state index in [4.69, 9.17) is 9.84 Å². The molecule has 0 amide bonds. The molecule has 1 fully saturated rings. The maximum absolute atomic E-state index is 9.03. The van der Waals surface area contributed by atoms with Crippen molar-refractivity contribution < 1.29 is 9.84 Å². The number of hydrogen-bond acceptors (Lipinski definition) is 4. The summed E-state index contributed by atoms with van der Waals surface area (Å²) in [5, 5.41) is 9.03. The lowest BCUT2D eigenvalue weighted by atomic mass is 10.1. The number of pyridine rings is 1. The predicted molar refractivity (Wildman–Crippen MR) is 72.0 cm³/mol. The minimum Gasteiger partial charge on any atom is -0.396 e. The van der Waals surface area contributed by atoms with Gasteiger partial charge in [-0.1, -0.05) is 0 Å². The van der Waals surface area contributed by atoms with E-state index in [0.29, 0.717) is 6.04 Å². The number of aryl methyl sites for hydroxylation is 1. The second-order valence-corrected chi connectivity index (χ2v) is 4.91. The lowest BCUT2D eigenvalue weighted by Gasteiger charge is -2.25. The first-order valence-corrected chi connectivity index (χ1v) is 6.90. The standard InChI is InChI=1S/C14H19N3O2/c18-8-2-4-13-16-12-3-1-7-15-14(12)17(13)11-5-9-19-10-6-11/h1,3,7,11,18H,2,4-6,8-10H2. The number of aliphatic hydroxyl groups excluding tert-OH is 1. The Bertz CT molecular complexity index is 547. The van der Waals surface area contributed by atoms with Crippen LogP contribution in [-0.2, 0) is 11.2 Å². The van der Waals surface area contributed by atoms with Crippen LogP contribution in [0.3, 0.4) is 0 Å². The number of rotatable bonds is 4. The van der Waals surface area contributed by atoms with Crippen LogP contribution in [0.25, 0.3) is 11.2 Å². The second kappa shape index (κ2) is 5.67. The van der Waals surface area contributed by atoms with Crippen molar-refractivity contribution in [3.05, 3.63) is 24.2 Å². The molecule has 0 aromatic carbocycles. The molecule has 19 heavy (non-hydrogen) atoms. The van der Waals surface area contributed by atoms with E-state index in [1.165, 1.54) is 0 Å². The van der Waals surface area contributed by atoms with Gasteiger partial charge in [0.05, 0.1) is 0 Å². The first-order valence-electron chi connectivity index (χ1n) is 6.90. The van der Waals surface area contributed by atoms with Crippen LogP contribution in [0.2, 0.25) is 0 Å². The van der Waals surface area contributed by atoms with Gasteiger partial charge in [-0.15, -0.1) is 0 Å². The van der Waals surface area contributed by atoms with Crippen LogP contribution in [0.15, 0.2) is 18.3 Å². The first kappa shape index (κ1) is 12.6. The van der Waals surface area contributed by atoms with Gasteiger partial charge in [0, 0.05) is 38.5 Å². The van der Waals surface area contributed by atoms with Crippen molar-refractivity contribution in [1.82, 2.24) is 14.5 Å². The van der Waals surface area contributed by atoms with Gasteiger partial charge in [-0.2, -0.15) is 0 Å². The van der Waals surface area contributed by atoms with Crippen LogP contribution in [0, 0.1) is 0 Å². The van der Waals surface area contributed by atoms with E-state index >= 15 is 0 Å². The Morgan fingerprint density at radius 2 is 2.21 bits per heavy atom. The van der Waals surface area contributed by atoms with E-state index in [1.807, 2.05) is 18.3 Å². The van der Waals surface area contributed by atoms with E-state index < -0.39 is 0 Å². The van der Waals surface area contributed by atoms with Gasteiger partial charge >= 0.3 is 0 Å². The third kappa shape index (κ3) is 2.48. The summed E-state index contributed by atoms with van der Waals surface area (Å²) in [4.78, 5) is 9.16. The van der Waals surface area contributed by atoms with Gasteiger partial charge in [-0.25, -0.2) is 9.97 Å². The minimum atomic E-state index is 0.199. The molecule has 102 valence electrons. The molecular formula is C14H19N3O2.